The van der Waals surface area contributed by atoms with Gasteiger partial charge in [0.05, 0.1) is 5.75 Å². The largest absolute Gasteiger partial charge is 0.455 e. The lowest BCUT2D eigenvalue weighted by Gasteiger charge is -2.48. The van der Waals surface area contributed by atoms with Crippen LogP contribution in [0.4, 0.5) is 4.79 Å². The van der Waals surface area contributed by atoms with Crippen LogP contribution < -0.4 is 5.32 Å². The van der Waals surface area contributed by atoms with Gasteiger partial charge < -0.3 is 19.5 Å². The van der Waals surface area contributed by atoms with Crippen LogP contribution >= 0.6 is 0 Å². The van der Waals surface area contributed by atoms with E-state index in [2.05, 4.69) is 5.32 Å². The molecule has 2 amide bonds. The Kier molecular flexibility index (Phi) is 6.61. The molecule has 0 aromatic heterocycles. The van der Waals surface area contributed by atoms with Gasteiger partial charge in [0, 0.05) is 19.2 Å². The van der Waals surface area contributed by atoms with E-state index in [1.807, 2.05) is 30.3 Å². The number of nitrogens with zero attached hydrogens (tertiary/aromatic N) is 1. The number of alkyl carbamates (subject to hydrolysis) is 1. The number of nitrogens with one attached hydrogen (secondary N) is 1. The minimum Gasteiger partial charge on any atom is -0.455 e. The standard InChI is InChI=1S/C21H26N2O8S/c1-21(2,3)31-19(25)15-14(11-30-20(26)22-10-13-8-6-5-7-9-13)12-32(27,28)18-16(29-4)17(24)23(15)18/h5-9,16,18H,10-12H2,1-4H3,(H,22,26)/t16-,18?/m0/s1. The fourth-order valence-electron chi connectivity index (χ4n) is 3.46. The lowest BCUT2D eigenvalue weighted by atomic mass is 10.1. The number of ether oxygens (including phenoxy) is 3. The lowest BCUT2D eigenvalue weighted by Crippen LogP contribution is -2.70. The van der Waals surface area contributed by atoms with Crippen molar-refractivity contribution < 1.29 is 37.0 Å². The third-order valence-electron chi connectivity index (χ3n) is 4.82. The maximum Gasteiger partial charge on any atom is 0.407 e. The van der Waals surface area contributed by atoms with Crippen LogP contribution in [0, 0.1) is 0 Å². The van der Waals surface area contributed by atoms with Gasteiger partial charge in [-0.2, -0.15) is 0 Å². The van der Waals surface area contributed by atoms with Crippen molar-refractivity contribution in [3.05, 3.63) is 47.2 Å². The summed E-state index contributed by atoms with van der Waals surface area (Å²) >= 11 is 0. The SMILES string of the molecule is CO[C@H]1C(=O)N2C(C(=O)OC(C)(C)C)=C(COC(=O)NCc3ccccc3)CS(=O)(=O)C12. The molecule has 174 valence electrons. The van der Waals surface area contributed by atoms with Crippen molar-refractivity contribution in [2.75, 3.05) is 19.5 Å². The van der Waals surface area contributed by atoms with Crippen molar-refractivity contribution in [2.45, 2.75) is 44.4 Å². The number of rotatable bonds is 6. The first kappa shape index (κ1) is 23.7. The van der Waals surface area contributed by atoms with Crippen LogP contribution in [0.15, 0.2) is 41.6 Å². The number of sulfone groups is 1. The molecule has 2 heterocycles. The maximum absolute atomic E-state index is 12.9. The maximum atomic E-state index is 12.9. The van der Waals surface area contributed by atoms with Gasteiger partial charge in [0.2, 0.25) is 0 Å². The van der Waals surface area contributed by atoms with Crippen molar-refractivity contribution in [3.8, 4) is 0 Å². The molecule has 1 N–H and O–H groups in total. The molecular weight excluding hydrogens is 440 g/mol. The second kappa shape index (κ2) is 8.91. The number of esters is 1. The minimum absolute atomic E-state index is 0.0340. The molecule has 1 aromatic rings. The van der Waals surface area contributed by atoms with Gasteiger partial charge in [-0.1, -0.05) is 30.3 Å². The molecule has 0 spiro atoms. The smallest absolute Gasteiger partial charge is 0.407 e. The number of fused-ring (bicyclic) bond motifs is 1. The van der Waals surface area contributed by atoms with Gasteiger partial charge in [0.1, 0.15) is 17.9 Å². The topological polar surface area (TPSA) is 128 Å². The predicted octanol–water partition coefficient (Wildman–Crippen LogP) is 1.12. The molecule has 10 nitrogen and oxygen atoms in total. The quantitative estimate of drug-likeness (QED) is 0.488. The highest BCUT2D eigenvalue weighted by atomic mass is 32.2. The molecule has 1 saturated heterocycles. The van der Waals surface area contributed by atoms with Crippen LogP contribution in [0.1, 0.15) is 26.3 Å². The van der Waals surface area contributed by atoms with Crippen molar-refractivity contribution in [3.63, 3.8) is 0 Å². The first-order valence-corrected chi connectivity index (χ1v) is 11.6. The summed E-state index contributed by atoms with van der Waals surface area (Å²) in [5.41, 5.74) is -0.302. The summed E-state index contributed by atoms with van der Waals surface area (Å²) < 4.78 is 41.1. The number of hydrogen-bond donors (Lipinski definition) is 1. The molecule has 0 saturated carbocycles. The van der Waals surface area contributed by atoms with Gasteiger partial charge in [-0.3, -0.25) is 9.69 Å². The Hall–Kier alpha value is -2.92. The molecule has 2 aliphatic heterocycles. The van der Waals surface area contributed by atoms with Crippen LogP contribution in [-0.4, -0.2) is 67.8 Å². The normalized spacial score (nSPS) is 22.0. The minimum atomic E-state index is -3.88. The van der Waals surface area contributed by atoms with E-state index < -0.39 is 57.2 Å². The monoisotopic (exact) mass is 466 g/mol. The number of hydrogen-bond acceptors (Lipinski definition) is 8. The highest BCUT2D eigenvalue weighted by molar-refractivity contribution is 7.92. The van der Waals surface area contributed by atoms with Gasteiger partial charge in [-0.05, 0) is 26.3 Å². The summed E-state index contributed by atoms with van der Waals surface area (Å²) in [5, 5.41) is 1.23. The molecule has 11 heteroatoms. The zero-order chi connectivity index (χ0) is 23.7. The molecule has 2 aliphatic rings. The second-order valence-corrected chi connectivity index (χ2v) is 10.5. The lowest BCUT2D eigenvalue weighted by molar-refractivity contribution is -0.167. The Morgan fingerprint density at radius 1 is 1.19 bits per heavy atom. The van der Waals surface area contributed by atoms with E-state index in [4.69, 9.17) is 14.2 Å². The first-order valence-electron chi connectivity index (χ1n) is 9.92. The zero-order valence-corrected chi connectivity index (χ0v) is 19.1. The van der Waals surface area contributed by atoms with E-state index in [0.717, 1.165) is 10.5 Å². The van der Waals surface area contributed by atoms with E-state index in [9.17, 15) is 22.8 Å². The third kappa shape index (κ3) is 4.94. The number of methoxy groups -OCH3 is 1. The molecule has 32 heavy (non-hydrogen) atoms. The van der Waals surface area contributed by atoms with Gasteiger partial charge in [0.15, 0.2) is 21.3 Å². The Labute approximate surface area is 186 Å². The van der Waals surface area contributed by atoms with Crippen LogP contribution in [0.2, 0.25) is 0 Å². The van der Waals surface area contributed by atoms with Crippen LogP contribution in [0.3, 0.4) is 0 Å². The van der Waals surface area contributed by atoms with E-state index in [0.29, 0.717) is 0 Å². The fraction of sp³-hybridized carbons (Fsp3) is 0.476. The van der Waals surface area contributed by atoms with Crippen molar-refractivity contribution in [2.24, 2.45) is 0 Å². The van der Waals surface area contributed by atoms with Crippen molar-refractivity contribution in [1.82, 2.24) is 10.2 Å². The Morgan fingerprint density at radius 2 is 1.84 bits per heavy atom. The van der Waals surface area contributed by atoms with Gasteiger partial charge in [0.25, 0.3) is 5.91 Å². The average molecular weight is 467 g/mol. The van der Waals surface area contributed by atoms with E-state index in [1.54, 1.807) is 20.8 Å². The van der Waals surface area contributed by atoms with Gasteiger partial charge >= 0.3 is 12.1 Å². The molecule has 0 bridgehead atoms. The Morgan fingerprint density at radius 3 is 2.44 bits per heavy atom. The number of amides is 2. The van der Waals surface area contributed by atoms with Gasteiger partial charge in [-0.15, -0.1) is 0 Å². The summed E-state index contributed by atoms with van der Waals surface area (Å²) in [6, 6.07) is 9.12. The number of carbonyl (C=O) groups is 3. The van der Waals surface area contributed by atoms with Gasteiger partial charge in [-0.25, -0.2) is 18.0 Å². The summed E-state index contributed by atoms with van der Waals surface area (Å²) in [6.07, 6.45) is -2.00. The summed E-state index contributed by atoms with van der Waals surface area (Å²) in [6.45, 7) is 4.64. The predicted molar refractivity (Wildman–Crippen MR) is 113 cm³/mol. The summed E-state index contributed by atoms with van der Waals surface area (Å²) in [7, 11) is -2.65. The van der Waals surface area contributed by atoms with Crippen LogP contribution in [0.25, 0.3) is 0 Å². The van der Waals surface area contributed by atoms with E-state index in [1.165, 1.54) is 7.11 Å². The Balaban J connectivity index is 1.81. The van der Waals surface area contributed by atoms with Crippen molar-refractivity contribution >= 4 is 27.8 Å². The highest BCUT2D eigenvalue weighted by Gasteiger charge is 2.61. The second-order valence-electron chi connectivity index (χ2n) is 8.43. The first-order chi connectivity index (χ1) is 14.9. The molecule has 2 atom stereocenters. The molecule has 1 aromatic carbocycles. The average Bonchev–Trinajstić information content (AvgIpc) is 2.70. The van der Waals surface area contributed by atoms with E-state index in [-0.39, 0.29) is 17.8 Å². The fourth-order valence-corrected chi connectivity index (χ4v) is 5.47. The molecule has 0 radical (unpaired) electrons. The van der Waals surface area contributed by atoms with Crippen molar-refractivity contribution in [1.29, 1.82) is 0 Å². The Bertz CT molecular complexity index is 1040. The zero-order valence-electron chi connectivity index (χ0n) is 18.3. The highest BCUT2D eigenvalue weighted by Crippen LogP contribution is 2.38. The summed E-state index contributed by atoms with van der Waals surface area (Å²) in [4.78, 5) is 38.4. The molecular formula is C21H26N2O8S. The molecule has 0 aliphatic carbocycles. The third-order valence-corrected chi connectivity index (χ3v) is 6.76. The molecule has 3 rings (SSSR count). The number of benzene rings is 1. The summed E-state index contributed by atoms with van der Waals surface area (Å²) in [5.74, 6) is -2.11. The number of β-lactam (4-membered cyclic amide) rings is 1. The van der Waals surface area contributed by atoms with Crippen LogP contribution in [-0.2, 0) is 40.2 Å². The van der Waals surface area contributed by atoms with Crippen LogP contribution in [0.5, 0.6) is 0 Å². The number of carbonyl (C=O) groups excluding carboxylic acids is 3. The van der Waals surface area contributed by atoms with E-state index >= 15 is 0 Å². The molecule has 1 unspecified atom stereocenters. The molecule has 1 fully saturated rings.